The lowest BCUT2D eigenvalue weighted by Gasteiger charge is -2.35. The highest BCUT2D eigenvalue weighted by Crippen LogP contribution is 2.37. The molecule has 1 aliphatic heterocycles. The third-order valence-corrected chi connectivity index (χ3v) is 6.72. The Morgan fingerprint density at radius 1 is 1.07 bits per heavy atom. The second kappa shape index (κ2) is 8.88. The first-order chi connectivity index (χ1) is 13.7. The van der Waals surface area contributed by atoms with E-state index in [0.717, 1.165) is 38.6 Å². The fourth-order valence-corrected chi connectivity index (χ4v) is 5.29. The summed E-state index contributed by atoms with van der Waals surface area (Å²) in [6.07, 6.45) is 6.48. The zero-order valence-corrected chi connectivity index (χ0v) is 16.8. The number of amides is 3. The van der Waals surface area contributed by atoms with E-state index in [-0.39, 0.29) is 30.6 Å². The minimum atomic E-state index is -0.360. The number of hydrogen-bond donors (Lipinski definition) is 2. The van der Waals surface area contributed by atoms with Gasteiger partial charge in [-0.15, -0.1) is 11.3 Å². The van der Waals surface area contributed by atoms with Crippen LogP contribution < -0.4 is 10.6 Å². The first-order valence-corrected chi connectivity index (χ1v) is 11.0. The molecule has 2 aliphatic rings. The SMILES string of the molecule is O=C(CN1CCc2sccc2[C@H]1c1ccccc1)NC(=O)NC1CCCCC1. The molecule has 1 fully saturated rings. The van der Waals surface area contributed by atoms with Crippen LogP contribution in [0.2, 0.25) is 0 Å². The lowest BCUT2D eigenvalue weighted by Crippen LogP contribution is -2.49. The van der Waals surface area contributed by atoms with Gasteiger partial charge in [0.25, 0.3) is 0 Å². The molecular weight excluding hydrogens is 370 g/mol. The number of urea groups is 1. The number of hydrogen-bond acceptors (Lipinski definition) is 4. The molecule has 1 aromatic heterocycles. The molecule has 2 heterocycles. The molecule has 2 aromatic rings. The van der Waals surface area contributed by atoms with Crippen molar-refractivity contribution in [1.29, 1.82) is 0 Å². The number of fused-ring (bicyclic) bond motifs is 1. The van der Waals surface area contributed by atoms with Crippen molar-refractivity contribution in [2.45, 2.75) is 50.6 Å². The van der Waals surface area contributed by atoms with Crippen molar-refractivity contribution in [3.05, 3.63) is 57.8 Å². The van der Waals surface area contributed by atoms with Gasteiger partial charge in [-0.2, -0.15) is 0 Å². The number of nitrogens with zero attached hydrogens (tertiary/aromatic N) is 1. The molecule has 0 saturated heterocycles. The Morgan fingerprint density at radius 2 is 1.86 bits per heavy atom. The predicted octanol–water partition coefficient (Wildman–Crippen LogP) is 3.85. The first kappa shape index (κ1) is 19.2. The largest absolute Gasteiger partial charge is 0.335 e. The Labute approximate surface area is 170 Å². The molecule has 148 valence electrons. The molecule has 4 rings (SSSR count). The van der Waals surface area contributed by atoms with Crippen molar-refractivity contribution in [2.24, 2.45) is 0 Å². The lowest BCUT2D eigenvalue weighted by molar-refractivity contribution is -0.121. The van der Waals surface area contributed by atoms with Crippen molar-refractivity contribution in [3.63, 3.8) is 0 Å². The Kier molecular flexibility index (Phi) is 6.07. The van der Waals surface area contributed by atoms with Gasteiger partial charge >= 0.3 is 6.03 Å². The van der Waals surface area contributed by atoms with Crippen LogP contribution in [0, 0.1) is 0 Å². The third kappa shape index (κ3) is 4.45. The highest BCUT2D eigenvalue weighted by molar-refractivity contribution is 7.10. The van der Waals surface area contributed by atoms with Crippen LogP contribution in [-0.4, -0.2) is 36.0 Å². The van der Waals surface area contributed by atoms with E-state index in [9.17, 15) is 9.59 Å². The van der Waals surface area contributed by atoms with Gasteiger partial charge in [0.1, 0.15) is 0 Å². The number of nitrogens with one attached hydrogen (secondary N) is 2. The Balaban J connectivity index is 1.41. The molecule has 1 saturated carbocycles. The third-order valence-electron chi connectivity index (χ3n) is 5.72. The van der Waals surface area contributed by atoms with Gasteiger partial charge in [0.15, 0.2) is 0 Å². The molecule has 0 spiro atoms. The van der Waals surface area contributed by atoms with Gasteiger partial charge in [-0.05, 0) is 41.8 Å². The molecule has 0 unspecified atom stereocenters. The molecule has 6 heteroatoms. The van der Waals surface area contributed by atoms with Crippen molar-refractivity contribution < 1.29 is 9.59 Å². The topological polar surface area (TPSA) is 61.4 Å². The smallest absolute Gasteiger partial charge is 0.321 e. The summed E-state index contributed by atoms with van der Waals surface area (Å²) >= 11 is 1.78. The molecule has 5 nitrogen and oxygen atoms in total. The Hall–Kier alpha value is -2.18. The average Bonchev–Trinajstić information content (AvgIpc) is 3.18. The number of carbonyl (C=O) groups excluding carboxylic acids is 2. The van der Waals surface area contributed by atoms with Crippen LogP contribution >= 0.6 is 11.3 Å². The van der Waals surface area contributed by atoms with Crippen molar-refractivity contribution in [2.75, 3.05) is 13.1 Å². The summed E-state index contributed by atoms with van der Waals surface area (Å²) in [5.41, 5.74) is 2.46. The maximum absolute atomic E-state index is 12.6. The van der Waals surface area contributed by atoms with E-state index < -0.39 is 0 Å². The summed E-state index contributed by atoms with van der Waals surface area (Å²) in [6, 6.07) is 12.4. The minimum Gasteiger partial charge on any atom is -0.335 e. The number of rotatable bonds is 4. The molecule has 28 heavy (non-hydrogen) atoms. The average molecular weight is 398 g/mol. The zero-order valence-electron chi connectivity index (χ0n) is 16.0. The highest BCUT2D eigenvalue weighted by Gasteiger charge is 2.31. The zero-order chi connectivity index (χ0) is 19.3. The molecular formula is C22H27N3O2S. The van der Waals surface area contributed by atoms with Gasteiger partial charge in [0.2, 0.25) is 5.91 Å². The fourth-order valence-electron chi connectivity index (χ4n) is 4.38. The molecule has 1 aliphatic carbocycles. The monoisotopic (exact) mass is 397 g/mol. The summed E-state index contributed by atoms with van der Waals surface area (Å²) in [5.74, 6) is -0.243. The Bertz CT molecular complexity index is 814. The Morgan fingerprint density at radius 3 is 2.64 bits per heavy atom. The van der Waals surface area contributed by atoms with Crippen molar-refractivity contribution in [3.8, 4) is 0 Å². The van der Waals surface area contributed by atoms with Crippen molar-refractivity contribution >= 4 is 23.3 Å². The maximum Gasteiger partial charge on any atom is 0.321 e. The lowest BCUT2D eigenvalue weighted by atomic mass is 9.93. The van der Waals surface area contributed by atoms with Gasteiger partial charge in [-0.25, -0.2) is 4.79 Å². The summed E-state index contributed by atoms with van der Waals surface area (Å²) in [4.78, 5) is 28.4. The summed E-state index contributed by atoms with van der Waals surface area (Å²) in [6.45, 7) is 1.03. The van der Waals surface area contributed by atoms with Crippen molar-refractivity contribution in [1.82, 2.24) is 15.5 Å². The molecule has 0 bridgehead atoms. The number of benzene rings is 1. The van der Waals surface area contributed by atoms with Gasteiger partial charge in [0.05, 0.1) is 12.6 Å². The van der Waals surface area contributed by atoms with Crippen LogP contribution in [0.5, 0.6) is 0 Å². The minimum absolute atomic E-state index is 0.0587. The summed E-state index contributed by atoms with van der Waals surface area (Å²) in [7, 11) is 0. The van der Waals surface area contributed by atoms with Crippen LogP contribution in [0.1, 0.15) is 54.1 Å². The summed E-state index contributed by atoms with van der Waals surface area (Å²) in [5, 5.41) is 7.62. The van der Waals surface area contributed by atoms with Gasteiger partial charge in [0, 0.05) is 17.5 Å². The molecule has 0 radical (unpaired) electrons. The van der Waals surface area contributed by atoms with Gasteiger partial charge < -0.3 is 5.32 Å². The number of imide groups is 1. The van der Waals surface area contributed by atoms with Crippen LogP contribution in [0.25, 0.3) is 0 Å². The summed E-state index contributed by atoms with van der Waals surface area (Å²) < 4.78 is 0. The van der Waals surface area contributed by atoms with E-state index in [1.807, 2.05) is 18.2 Å². The standard InChI is InChI=1S/C22H27N3O2S/c26-20(24-22(27)23-17-9-5-2-6-10-17)15-25-13-11-19-18(12-14-28-19)21(25)16-7-3-1-4-8-16/h1,3-4,7-8,12,14,17,21H,2,5-6,9-11,13,15H2,(H2,23,24,26,27)/t21-/m1/s1. The van der Waals surface area contributed by atoms with E-state index in [1.54, 1.807) is 11.3 Å². The van der Waals surface area contributed by atoms with Crippen LogP contribution in [0.3, 0.4) is 0 Å². The van der Waals surface area contributed by atoms with E-state index in [4.69, 9.17) is 0 Å². The molecule has 3 amide bonds. The normalized spacial score (nSPS) is 20.4. The number of carbonyl (C=O) groups is 2. The van der Waals surface area contributed by atoms with E-state index in [0.29, 0.717) is 0 Å². The predicted molar refractivity (Wildman–Crippen MR) is 111 cm³/mol. The molecule has 1 aromatic carbocycles. The molecule has 2 N–H and O–H groups in total. The van der Waals surface area contributed by atoms with Crippen LogP contribution in [0.15, 0.2) is 41.8 Å². The van der Waals surface area contributed by atoms with E-state index >= 15 is 0 Å². The molecule has 1 atom stereocenters. The van der Waals surface area contributed by atoms with E-state index in [2.05, 4.69) is 39.1 Å². The highest BCUT2D eigenvalue weighted by atomic mass is 32.1. The van der Waals surface area contributed by atoms with Crippen LogP contribution in [-0.2, 0) is 11.2 Å². The first-order valence-electron chi connectivity index (χ1n) is 10.2. The second-order valence-corrected chi connectivity index (χ2v) is 8.69. The van der Waals surface area contributed by atoms with Gasteiger partial charge in [-0.1, -0.05) is 49.6 Å². The van der Waals surface area contributed by atoms with E-state index in [1.165, 1.54) is 22.4 Å². The number of thiophene rings is 1. The van der Waals surface area contributed by atoms with Gasteiger partial charge in [-0.3, -0.25) is 15.0 Å². The maximum atomic E-state index is 12.6. The quantitative estimate of drug-likeness (QED) is 0.824. The fraction of sp³-hybridized carbons (Fsp3) is 0.455. The second-order valence-electron chi connectivity index (χ2n) is 7.69. The van der Waals surface area contributed by atoms with Crippen LogP contribution in [0.4, 0.5) is 4.79 Å².